The molecule has 4 rings (SSSR count). The van der Waals surface area contributed by atoms with Gasteiger partial charge in [-0.2, -0.15) is 4.68 Å². The molecule has 0 fully saturated rings. The third kappa shape index (κ3) is 3.60. The molecule has 0 saturated heterocycles. The average molecular weight is 379 g/mol. The number of rotatable bonds is 4. The first-order valence-corrected chi connectivity index (χ1v) is 9.94. The van der Waals surface area contributed by atoms with E-state index in [4.69, 9.17) is 0 Å². The normalized spacial score (nSPS) is 13.5. The fourth-order valence-corrected chi connectivity index (χ4v) is 4.25. The molecule has 27 heavy (non-hydrogen) atoms. The van der Waals surface area contributed by atoms with Gasteiger partial charge in [0.2, 0.25) is 11.1 Å². The van der Waals surface area contributed by atoms with Crippen LogP contribution >= 0.6 is 11.8 Å². The number of amides is 1. The van der Waals surface area contributed by atoms with Crippen molar-refractivity contribution in [3.05, 3.63) is 64.7 Å². The Bertz CT molecular complexity index is 964. The number of thioether (sulfide) groups is 1. The summed E-state index contributed by atoms with van der Waals surface area (Å²) < 4.78 is 1.73. The number of para-hydroxylation sites is 1. The molecule has 1 aliphatic rings. The van der Waals surface area contributed by atoms with Crippen LogP contribution in [0.15, 0.2) is 47.6 Å². The second-order valence-electron chi connectivity index (χ2n) is 6.74. The summed E-state index contributed by atoms with van der Waals surface area (Å²) in [6.45, 7) is 5.51. The van der Waals surface area contributed by atoms with E-state index in [0.717, 1.165) is 29.8 Å². The Labute approximate surface area is 162 Å². The largest absolute Gasteiger partial charge is 0.337 e. The van der Waals surface area contributed by atoms with Crippen molar-refractivity contribution in [2.75, 3.05) is 12.3 Å². The van der Waals surface area contributed by atoms with E-state index in [0.29, 0.717) is 17.5 Å². The van der Waals surface area contributed by atoms with Gasteiger partial charge in [-0.3, -0.25) is 4.79 Å². The van der Waals surface area contributed by atoms with Crippen molar-refractivity contribution in [3.8, 4) is 5.69 Å². The Hall–Kier alpha value is -2.67. The van der Waals surface area contributed by atoms with Crippen LogP contribution in [-0.2, 0) is 17.8 Å². The average Bonchev–Trinajstić information content (AvgIpc) is 3.13. The molecule has 0 saturated carbocycles. The summed E-state index contributed by atoms with van der Waals surface area (Å²) in [6, 6.07) is 14.4. The maximum absolute atomic E-state index is 12.7. The van der Waals surface area contributed by atoms with Gasteiger partial charge in [-0.1, -0.05) is 54.2 Å². The van der Waals surface area contributed by atoms with Gasteiger partial charge in [-0.05, 0) is 52.9 Å². The number of hydrogen-bond acceptors (Lipinski definition) is 5. The van der Waals surface area contributed by atoms with E-state index in [1.165, 1.54) is 22.9 Å². The molecule has 1 aliphatic heterocycles. The van der Waals surface area contributed by atoms with E-state index in [-0.39, 0.29) is 5.91 Å². The van der Waals surface area contributed by atoms with Crippen LogP contribution in [0.2, 0.25) is 0 Å². The first-order chi connectivity index (χ1) is 13.1. The van der Waals surface area contributed by atoms with Crippen molar-refractivity contribution >= 4 is 17.7 Å². The minimum absolute atomic E-state index is 0.116. The zero-order valence-corrected chi connectivity index (χ0v) is 16.2. The van der Waals surface area contributed by atoms with Gasteiger partial charge in [0.05, 0.1) is 11.4 Å². The van der Waals surface area contributed by atoms with E-state index < -0.39 is 0 Å². The summed E-state index contributed by atoms with van der Waals surface area (Å²) in [6.07, 6.45) is 0.909. The minimum atomic E-state index is 0.116. The smallest absolute Gasteiger partial charge is 0.233 e. The summed E-state index contributed by atoms with van der Waals surface area (Å²) in [5.74, 6) is 0.443. The highest BCUT2D eigenvalue weighted by Crippen LogP contribution is 2.25. The number of aryl methyl sites for hydroxylation is 2. The summed E-state index contributed by atoms with van der Waals surface area (Å²) >= 11 is 1.38. The van der Waals surface area contributed by atoms with E-state index in [1.54, 1.807) is 4.68 Å². The van der Waals surface area contributed by atoms with E-state index in [9.17, 15) is 4.79 Å². The Morgan fingerprint density at radius 1 is 1.07 bits per heavy atom. The molecule has 138 valence electrons. The van der Waals surface area contributed by atoms with Crippen LogP contribution in [0.3, 0.4) is 0 Å². The zero-order valence-electron chi connectivity index (χ0n) is 15.4. The molecule has 2 heterocycles. The summed E-state index contributed by atoms with van der Waals surface area (Å²) in [5, 5.41) is 12.7. The summed E-state index contributed by atoms with van der Waals surface area (Å²) in [5.41, 5.74) is 5.76. The molecule has 0 atom stereocenters. The topological polar surface area (TPSA) is 63.9 Å². The highest BCUT2D eigenvalue weighted by Gasteiger charge is 2.22. The molecule has 1 aromatic heterocycles. The highest BCUT2D eigenvalue weighted by atomic mass is 32.2. The van der Waals surface area contributed by atoms with Gasteiger partial charge in [0.1, 0.15) is 0 Å². The maximum Gasteiger partial charge on any atom is 0.233 e. The van der Waals surface area contributed by atoms with Gasteiger partial charge in [0, 0.05) is 13.1 Å². The van der Waals surface area contributed by atoms with Crippen LogP contribution in [-0.4, -0.2) is 43.3 Å². The molecule has 1 amide bonds. The number of fused-ring (bicyclic) bond motifs is 1. The van der Waals surface area contributed by atoms with Gasteiger partial charge in [-0.15, -0.1) is 5.10 Å². The Morgan fingerprint density at radius 2 is 1.81 bits per heavy atom. The van der Waals surface area contributed by atoms with Crippen molar-refractivity contribution in [1.29, 1.82) is 0 Å². The van der Waals surface area contributed by atoms with Gasteiger partial charge >= 0.3 is 0 Å². The predicted molar refractivity (Wildman–Crippen MR) is 105 cm³/mol. The number of carbonyl (C=O) groups is 1. The highest BCUT2D eigenvalue weighted by molar-refractivity contribution is 7.99. The lowest BCUT2D eigenvalue weighted by Gasteiger charge is -2.28. The Kier molecular flexibility index (Phi) is 4.94. The van der Waals surface area contributed by atoms with E-state index in [2.05, 4.69) is 33.7 Å². The molecule has 0 radical (unpaired) electrons. The molecule has 7 heteroatoms. The van der Waals surface area contributed by atoms with Crippen LogP contribution in [0.25, 0.3) is 5.69 Å². The third-order valence-corrected chi connectivity index (χ3v) is 5.80. The maximum atomic E-state index is 12.7. The quantitative estimate of drug-likeness (QED) is 0.652. The number of carbonyl (C=O) groups excluding carboxylic acids is 1. The number of tetrazole rings is 1. The second-order valence-corrected chi connectivity index (χ2v) is 7.68. The molecule has 2 aromatic carbocycles. The number of benzene rings is 2. The summed E-state index contributed by atoms with van der Waals surface area (Å²) in [4.78, 5) is 14.6. The molecule has 6 nitrogen and oxygen atoms in total. The molecular weight excluding hydrogens is 358 g/mol. The molecule has 0 bridgehead atoms. The SMILES string of the molecule is Cc1cccc(C)c1-n1nnnc1SCC(=O)N1CCc2ccccc2C1. The second kappa shape index (κ2) is 7.52. The van der Waals surface area contributed by atoms with E-state index in [1.807, 2.05) is 43.0 Å². The van der Waals surface area contributed by atoms with Crippen LogP contribution in [0.4, 0.5) is 0 Å². The summed E-state index contributed by atoms with van der Waals surface area (Å²) in [7, 11) is 0. The van der Waals surface area contributed by atoms with Gasteiger partial charge in [-0.25, -0.2) is 0 Å². The molecule has 0 spiro atoms. The van der Waals surface area contributed by atoms with Gasteiger partial charge < -0.3 is 4.90 Å². The van der Waals surface area contributed by atoms with Crippen LogP contribution < -0.4 is 0 Å². The van der Waals surface area contributed by atoms with Crippen LogP contribution in [0.5, 0.6) is 0 Å². The third-order valence-electron chi connectivity index (χ3n) is 4.90. The Morgan fingerprint density at radius 3 is 2.59 bits per heavy atom. The monoisotopic (exact) mass is 379 g/mol. The predicted octanol–water partition coefficient (Wildman–Crippen LogP) is 2.96. The van der Waals surface area contributed by atoms with Crippen molar-refractivity contribution < 1.29 is 4.79 Å². The van der Waals surface area contributed by atoms with Gasteiger partial charge in [0.25, 0.3) is 0 Å². The van der Waals surface area contributed by atoms with Crippen molar-refractivity contribution in [3.63, 3.8) is 0 Å². The van der Waals surface area contributed by atoms with E-state index >= 15 is 0 Å². The van der Waals surface area contributed by atoms with Crippen LogP contribution in [0, 0.1) is 13.8 Å². The molecule has 0 unspecified atom stereocenters. The number of aromatic nitrogens is 4. The molecule has 0 N–H and O–H groups in total. The fourth-order valence-electron chi connectivity index (χ4n) is 3.48. The van der Waals surface area contributed by atoms with Crippen molar-refractivity contribution in [2.45, 2.75) is 32.0 Å². The van der Waals surface area contributed by atoms with Crippen molar-refractivity contribution in [2.24, 2.45) is 0 Å². The standard InChI is InChI=1S/C20H21N5OS/c1-14-6-5-7-15(2)19(14)25-20(21-22-23-25)27-13-18(26)24-11-10-16-8-3-4-9-17(16)12-24/h3-9H,10-13H2,1-2H3. The first kappa shape index (κ1) is 17.7. The fraction of sp³-hybridized carbons (Fsp3) is 0.300. The lowest BCUT2D eigenvalue weighted by Crippen LogP contribution is -2.37. The molecule has 0 aliphatic carbocycles. The molecule has 3 aromatic rings. The first-order valence-electron chi connectivity index (χ1n) is 8.96. The number of hydrogen-bond donors (Lipinski definition) is 0. The van der Waals surface area contributed by atoms with Crippen LogP contribution in [0.1, 0.15) is 22.3 Å². The molecular formula is C20H21N5OS. The van der Waals surface area contributed by atoms with Crippen molar-refractivity contribution in [1.82, 2.24) is 25.1 Å². The van der Waals surface area contributed by atoms with Gasteiger partial charge in [0.15, 0.2) is 0 Å². The number of nitrogens with zero attached hydrogens (tertiary/aromatic N) is 5. The zero-order chi connectivity index (χ0) is 18.8. The lowest BCUT2D eigenvalue weighted by atomic mass is 10.00. The Balaban J connectivity index is 1.46. The lowest BCUT2D eigenvalue weighted by molar-refractivity contribution is -0.129. The minimum Gasteiger partial charge on any atom is -0.337 e.